The molecule has 6 heteroatoms. The van der Waals surface area contributed by atoms with Crippen molar-refractivity contribution in [3.63, 3.8) is 0 Å². The predicted octanol–water partition coefficient (Wildman–Crippen LogP) is 0.324. The molecule has 1 heterocycles. The van der Waals surface area contributed by atoms with Crippen molar-refractivity contribution in [1.29, 1.82) is 0 Å². The van der Waals surface area contributed by atoms with Crippen molar-refractivity contribution >= 4 is 18.2 Å². The van der Waals surface area contributed by atoms with Crippen LogP contribution >= 0.6 is 0 Å². The van der Waals surface area contributed by atoms with Gasteiger partial charge in [-0.2, -0.15) is 0 Å². The van der Waals surface area contributed by atoms with E-state index in [1.807, 2.05) is 13.8 Å². The maximum Gasteiger partial charge on any atom is 0.224 e. The smallest absolute Gasteiger partial charge is 0.224 e. The Bertz CT molecular complexity index is 352. The van der Waals surface area contributed by atoms with Gasteiger partial charge in [-0.3, -0.25) is 14.4 Å². The monoisotopic (exact) mass is 283 g/mol. The zero-order valence-corrected chi connectivity index (χ0v) is 12.7. The number of carbonyl (C=O) groups is 3. The molecule has 3 amide bonds. The SMILES string of the molecule is CCC(C)N(CCC(=O)N1CCN(C=O)CC1)C(C)=O. The van der Waals surface area contributed by atoms with Crippen molar-refractivity contribution < 1.29 is 14.4 Å². The van der Waals surface area contributed by atoms with Gasteiger partial charge in [0.15, 0.2) is 0 Å². The molecule has 0 bridgehead atoms. The predicted molar refractivity (Wildman–Crippen MR) is 76.0 cm³/mol. The van der Waals surface area contributed by atoms with Crippen LogP contribution in [0, 0.1) is 0 Å². The minimum absolute atomic E-state index is 0.0120. The Morgan fingerprint density at radius 2 is 1.85 bits per heavy atom. The fraction of sp³-hybridized carbons (Fsp3) is 0.786. The average molecular weight is 283 g/mol. The van der Waals surface area contributed by atoms with Gasteiger partial charge >= 0.3 is 0 Å². The van der Waals surface area contributed by atoms with Crippen LogP contribution < -0.4 is 0 Å². The van der Waals surface area contributed by atoms with Crippen LogP contribution in [0.2, 0.25) is 0 Å². The van der Waals surface area contributed by atoms with E-state index in [0.717, 1.165) is 12.8 Å². The second kappa shape index (κ2) is 7.87. The Balaban J connectivity index is 2.42. The Kier molecular flexibility index (Phi) is 6.48. The fourth-order valence-electron chi connectivity index (χ4n) is 2.36. The van der Waals surface area contributed by atoms with E-state index in [0.29, 0.717) is 39.1 Å². The molecular weight excluding hydrogens is 258 g/mol. The summed E-state index contributed by atoms with van der Waals surface area (Å²) in [4.78, 5) is 39.5. The zero-order chi connectivity index (χ0) is 15.1. The molecule has 0 saturated carbocycles. The van der Waals surface area contributed by atoms with Crippen LogP contribution in [0.1, 0.15) is 33.6 Å². The van der Waals surface area contributed by atoms with E-state index in [-0.39, 0.29) is 17.9 Å². The molecule has 0 radical (unpaired) electrons. The first-order valence-corrected chi connectivity index (χ1v) is 7.23. The molecule has 0 N–H and O–H groups in total. The number of rotatable bonds is 6. The molecular formula is C14H25N3O3. The third-order valence-corrected chi connectivity index (χ3v) is 3.91. The van der Waals surface area contributed by atoms with E-state index in [2.05, 4.69) is 0 Å². The minimum Gasteiger partial charge on any atom is -0.342 e. The maximum atomic E-state index is 12.1. The highest BCUT2D eigenvalue weighted by molar-refractivity contribution is 5.78. The van der Waals surface area contributed by atoms with E-state index < -0.39 is 0 Å². The summed E-state index contributed by atoms with van der Waals surface area (Å²) in [6, 6.07) is 0.159. The summed E-state index contributed by atoms with van der Waals surface area (Å²) in [6.45, 7) is 8.39. The molecule has 1 fully saturated rings. The minimum atomic E-state index is 0.0120. The van der Waals surface area contributed by atoms with Gasteiger partial charge in [-0.1, -0.05) is 6.92 Å². The van der Waals surface area contributed by atoms with Gasteiger partial charge in [-0.25, -0.2) is 0 Å². The number of hydrogen-bond acceptors (Lipinski definition) is 3. The van der Waals surface area contributed by atoms with Gasteiger partial charge < -0.3 is 14.7 Å². The molecule has 1 aliphatic heterocycles. The van der Waals surface area contributed by atoms with Crippen LogP contribution in [0.5, 0.6) is 0 Å². The lowest BCUT2D eigenvalue weighted by atomic mass is 10.2. The first kappa shape index (κ1) is 16.5. The Morgan fingerprint density at radius 1 is 1.25 bits per heavy atom. The van der Waals surface area contributed by atoms with Crippen molar-refractivity contribution in [2.75, 3.05) is 32.7 Å². The standard InChI is InChI=1S/C14H25N3O3/c1-4-12(2)17(13(3)19)6-5-14(20)16-9-7-15(11-18)8-10-16/h11-12H,4-10H2,1-3H3. The van der Waals surface area contributed by atoms with Gasteiger partial charge in [0.2, 0.25) is 18.2 Å². The van der Waals surface area contributed by atoms with Crippen LogP contribution in [0.15, 0.2) is 0 Å². The van der Waals surface area contributed by atoms with Crippen LogP contribution in [0.25, 0.3) is 0 Å². The Morgan fingerprint density at radius 3 is 2.30 bits per heavy atom. The van der Waals surface area contributed by atoms with Crippen molar-refractivity contribution in [3.8, 4) is 0 Å². The Hall–Kier alpha value is -1.59. The third-order valence-electron chi connectivity index (χ3n) is 3.91. The van der Waals surface area contributed by atoms with Crippen LogP contribution in [0.4, 0.5) is 0 Å². The summed E-state index contributed by atoms with van der Waals surface area (Å²) in [5.41, 5.74) is 0. The van der Waals surface area contributed by atoms with Gasteiger partial charge in [0.25, 0.3) is 0 Å². The van der Waals surface area contributed by atoms with Gasteiger partial charge in [-0.05, 0) is 13.3 Å². The molecule has 1 atom stereocenters. The molecule has 1 rings (SSSR count). The molecule has 1 aliphatic rings. The van der Waals surface area contributed by atoms with E-state index in [4.69, 9.17) is 0 Å². The summed E-state index contributed by atoms with van der Waals surface area (Å²) >= 11 is 0. The summed E-state index contributed by atoms with van der Waals surface area (Å²) in [6.07, 6.45) is 2.05. The van der Waals surface area contributed by atoms with Crippen LogP contribution in [-0.2, 0) is 14.4 Å². The van der Waals surface area contributed by atoms with Crippen molar-refractivity contribution in [2.45, 2.75) is 39.7 Å². The van der Waals surface area contributed by atoms with Crippen LogP contribution in [-0.4, -0.2) is 71.7 Å². The Labute approximate surface area is 120 Å². The first-order chi connectivity index (χ1) is 9.49. The molecule has 0 aromatic heterocycles. The lowest BCUT2D eigenvalue weighted by Crippen LogP contribution is -2.49. The van der Waals surface area contributed by atoms with E-state index in [1.165, 1.54) is 0 Å². The highest BCUT2D eigenvalue weighted by Gasteiger charge is 2.22. The van der Waals surface area contributed by atoms with Gasteiger partial charge in [-0.15, -0.1) is 0 Å². The summed E-state index contributed by atoms with van der Waals surface area (Å²) in [5.74, 6) is 0.0722. The summed E-state index contributed by atoms with van der Waals surface area (Å²) in [5, 5.41) is 0. The van der Waals surface area contributed by atoms with E-state index >= 15 is 0 Å². The van der Waals surface area contributed by atoms with Crippen molar-refractivity contribution in [2.24, 2.45) is 0 Å². The van der Waals surface area contributed by atoms with Gasteiger partial charge in [0, 0.05) is 52.1 Å². The van der Waals surface area contributed by atoms with Crippen LogP contribution in [0.3, 0.4) is 0 Å². The highest BCUT2D eigenvalue weighted by atomic mass is 16.2. The fourth-order valence-corrected chi connectivity index (χ4v) is 2.36. The molecule has 0 aromatic rings. The largest absolute Gasteiger partial charge is 0.342 e. The van der Waals surface area contributed by atoms with Crippen molar-refractivity contribution in [3.05, 3.63) is 0 Å². The van der Waals surface area contributed by atoms with Gasteiger partial charge in [0.1, 0.15) is 0 Å². The van der Waals surface area contributed by atoms with Gasteiger partial charge in [0.05, 0.1) is 0 Å². The number of carbonyl (C=O) groups excluding carboxylic acids is 3. The molecule has 6 nitrogen and oxygen atoms in total. The highest BCUT2D eigenvalue weighted by Crippen LogP contribution is 2.07. The molecule has 20 heavy (non-hydrogen) atoms. The van der Waals surface area contributed by atoms with E-state index in [1.54, 1.807) is 21.6 Å². The maximum absolute atomic E-state index is 12.1. The number of hydrogen-bond donors (Lipinski definition) is 0. The molecule has 114 valence electrons. The average Bonchev–Trinajstić information content (AvgIpc) is 2.46. The molecule has 0 aliphatic carbocycles. The molecule has 1 saturated heterocycles. The number of piperazine rings is 1. The second-order valence-electron chi connectivity index (χ2n) is 5.24. The van der Waals surface area contributed by atoms with E-state index in [9.17, 15) is 14.4 Å². The molecule has 0 aromatic carbocycles. The normalized spacial score (nSPS) is 16.8. The zero-order valence-electron chi connectivity index (χ0n) is 12.7. The lowest BCUT2D eigenvalue weighted by molar-refractivity contribution is -0.137. The molecule has 1 unspecified atom stereocenters. The third kappa shape index (κ3) is 4.51. The number of amides is 3. The number of nitrogens with zero attached hydrogens (tertiary/aromatic N) is 3. The second-order valence-corrected chi connectivity index (χ2v) is 5.24. The molecule has 0 spiro atoms. The van der Waals surface area contributed by atoms with Crippen molar-refractivity contribution in [1.82, 2.24) is 14.7 Å². The quantitative estimate of drug-likeness (QED) is 0.660. The summed E-state index contributed by atoms with van der Waals surface area (Å²) in [7, 11) is 0. The topological polar surface area (TPSA) is 60.9 Å². The first-order valence-electron chi connectivity index (χ1n) is 7.23. The summed E-state index contributed by atoms with van der Waals surface area (Å²) < 4.78 is 0. The lowest BCUT2D eigenvalue weighted by Gasteiger charge is -2.33.